The zero-order valence-corrected chi connectivity index (χ0v) is 32.4. The second-order valence-electron chi connectivity index (χ2n) is 15.9. The van der Waals surface area contributed by atoms with Crippen molar-refractivity contribution in [3.63, 3.8) is 0 Å². The maximum atomic E-state index is 6.53. The third-order valence-electron chi connectivity index (χ3n) is 12.8. The highest BCUT2D eigenvalue weighted by molar-refractivity contribution is 6.37. The first-order chi connectivity index (χ1) is 25.9. The van der Waals surface area contributed by atoms with Crippen LogP contribution in [0.25, 0.3) is 45.6 Å². The highest BCUT2D eigenvalue weighted by atomic mass is 28.2. The monoisotopic (exact) mass is 706 g/mol. The molecule has 0 aliphatic heterocycles. The highest BCUT2D eigenvalue weighted by Gasteiger charge is 2.36. The Balaban J connectivity index is 1.06. The van der Waals surface area contributed by atoms with Crippen molar-refractivity contribution in [1.82, 2.24) is 0 Å². The molecule has 4 aromatic carbocycles. The van der Waals surface area contributed by atoms with Crippen LogP contribution in [-0.4, -0.2) is 9.52 Å². The van der Waals surface area contributed by atoms with Crippen molar-refractivity contribution in [2.75, 3.05) is 0 Å². The molecule has 4 aliphatic carbocycles. The molecule has 0 fully saturated rings. The number of rotatable bonds is 8. The van der Waals surface area contributed by atoms with E-state index in [1.165, 1.54) is 92.5 Å². The largest absolute Gasteiger partial charge is 0.461 e. The van der Waals surface area contributed by atoms with Crippen molar-refractivity contribution >= 4 is 32.8 Å². The van der Waals surface area contributed by atoms with Gasteiger partial charge in [0, 0.05) is 32.5 Å². The summed E-state index contributed by atoms with van der Waals surface area (Å²) in [5.74, 6) is 4.74. The summed E-state index contributed by atoms with van der Waals surface area (Å²) in [5, 5.41) is 0. The molecule has 0 N–H and O–H groups in total. The predicted octanol–water partition coefficient (Wildman–Crippen LogP) is 12.9. The van der Waals surface area contributed by atoms with Gasteiger partial charge in [0.15, 0.2) is 0 Å². The van der Waals surface area contributed by atoms with E-state index in [4.69, 9.17) is 8.83 Å². The first-order valence-electron chi connectivity index (χ1n) is 19.7. The lowest BCUT2D eigenvalue weighted by molar-refractivity contribution is 0.516. The van der Waals surface area contributed by atoms with E-state index in [0.29, 0.717) is 11.8 Å². The molecule has 0 saturated carbocycles. The van der Waals surface area contributed by atoms with Crippen LogP contribution in [0.1, 0.15) is 103 Å². The van der Waals surface area contributed by atoms with Crippen LogP contribution in [0.15, 0.2) is 93.8 Å². The molecule has 0 spiro atoms. The molecule has 2 heterocycles. The number of aryl methyl sites for hydroxylation is 6. The Bertz CT molecular complexity index is 2260. The second kappa shape index (κ2) is 12.9. The Morgan fingerprint density at radius 3 is 1.38 bits per heavy atom. The van der Waals surface area contributed by atoms with E-state index in [1.54, 1.807) is 22.3 Å². The summed E-state index contributed by atoms with van der Waals surface area (Å²) in [5.41, 5.74) is 22.8. The van der Waals surface area contributed by atoms with E-state index in [9.17, 15) is 0 Å². The quantitative estimate of drug-likeness (QED) is 0.147. The van der Waals surface area contributed by atoms with Gasteiger partial charge in [-0.15, -0.1) is 0 Å². The molecule has 10 rings (SSSR count). The predicted molar refractivity (Wildman–Crippen MR) is 221 cm³/mol. The molecule has 6 aromatic rings. The van der Waals surface area contributed by atoms with Crippen molar-refractivity contribution in [3.8, 4) is 22.3 Å². The number of hydrogen-bond donors (Lipinski definition) is 0. The van der Waals surface area contributed by atoms with Gasteiger partial charge >= 0.3 is 0 Å². The fourth-order valence-corrected chi connectivity index (χ4v) is 11.5. The van der Waals surface area contributed by atoms with Crippen LogP contribution in [0.2, 0.25) is 12.1 Å². The molecular formula is C50H46O2Si. The van der Waals surface area contributed by atoms with Gasteiger partial charge < -0.3 is 8.83 Å². The average Bonchev–Trinajstić information content (AvgIpc) is 4.04. The highest BCUT2D eigenvalue weighted by Crippen LogP contribution is 2.53. The Labute approximate surface area is 316 Å². The van der Waals surface area contributed by atoms with E-state index < -0.39 is 0 Å². The number of allylic oxidation sites excluding steroid dienone is 2. The average molecular weight is 707 g/mol. The van der Waals surface area contributed by atoms with Crippen molar-refractivity contribution < 1.29 is 8.83 Å². The van der Waals surface area contributed by atoms with Crippen LogP contribution in [0.4, 0.5) is 0 Å². The van der Waals surface area contributed by atoms with E-state index in [2.05, 4.69) is 125 Å². The number of furan rings is 2. The lowest BCUT2D eigenvalue weighted by atomic mass is 9.87. The van der Waals surface area contributed by atoms with E-state index >= 15 is 0 Å². The van der Waals surface area contributed by atoms with E-state index in [-0.39, 0.29) is 0 Å². The van der Waals surface area contributed by atoms with Gasteiger partial charge in [0.2, 0.25) is 0 Å². The van der Waals surface area contributed by atoms with Crippen LogP contribution in [-0.2, 0) is 25.7 Å². The zero-order chi connectivity index (χ0) is 35.8. The summed E-state index contributed by atoms with van der Waals surface area (Å²) >= 11 is 0. The SMILES string of the molecule is Cc1cc(C2=Cc3c(cc4c(c3-c3ccccc3)CCC4)C2C[Si]CC2C(c3cc(C)c(C)o3)=Cc3c2cc2c(c3-c3ccccc3)CCC2)oc1C. The normalized spacial score (nSPS) is 18.2. The van der Waals surface area contributed by atoms with Gasteiger partial charge in [-0.1, -0.05) is 72.8 Å². The number of fused-ring (bicyclic) bond motifs is 4. The number of hydrogen-bond acceptors (Lipinski definition) is 2. The smallest absolute Gasteiger partial charge is 0.131 e. The molecule has 2 radical (unpaired) electrons. The molecule has 3 heteroatoms. The van der Waals surface area contributed by atoms with Gasteiger partial charge in [-0.3, -0.25) is 0 Å². The Hall–Kier alpha value is -4.86. The lowest BCUT2D eigenvalue weighted by Crippen LogP contribution is -2.09. The molecule has 2 atom stereocenters. The summed E-state index contributed by atoms with van der Waals surface area (Å²) < 4.78 is 13.1. The van der Waals surface area contributed by atoms with Crippen molar-refractivity contribution in [2.24, 2.45) is 0 Å². The summed E-state index contributed by atoms with van der Waals surface area (Å²) in [7, 11) is 0.776. The molecule has 2 nitrogen and oxygen atoms in total. The molecule has 53 heavy (non-hydrogen) atoms. The first kappa shape index (κ1) is 32.8. The molecule has 0 amide bonds. The summed E-state index contributed by atoms with van der Waals surface area (Å²) in [6, 6.07) is 34.2. The zero-order valence-electron chi connectivity index (χ0n) is 31.4. The molecule has 262 valence electrons. The van der Waals surface area contributed by atoms with Gasteiger partial charge in [0.05, 0.1) is 0 Å². The minimum Gasteiger partial charge on any atom is -0.461 e. The fourth-order valence-electron chi connectivity index (χ4n) is 9.90. The summed E-state index contributed by atoms with van der Waals surface area (Å²) in [6.07, 6.45) is 12.2. The molecule has 2 unspecified atom stereocenters. The van der Waals surface area contributed by atoms with Crippen LogP contribution in [0, 0.1) is 27.7 Å². The maximum Gasteiger partial charge on any atom is 0.131 e. The minimum absolute atomic E-state index is 0.308. The minimum atomic E-state index is 0.308. The fraction of sp³-hybridized carbons (Fsp3) is 0.280. The lowest BCUT2D eigenvalue weighted by Gasteiger charge is -2.22. The van der Waals surface area contributed by atoms with Crippen molar-refractivity contribution in [2.45, 2.75) is 90.1 Å². The molecular weight excluding hydrogens is 661 g/mol. The Kier molecular flexibility index (Phi) is 7.98. The molecule has 0 saturated heterocycles. The van der Waals surface area contributed by atoms with E-state index in [0.717, 1.165) is 57.5 Å². The first-order valence-corrected chi connectivity index (χ1v) is 21.1. The number of benzene rings is 4. The summed E-state index contributed by atoms with van der Waals surface area (Å²) in [4.78, 5) is 0. The maximum absolute atomic E-state index is 6.53. The van der Waals surface area contributed by atoms with Crippen LogP contribution in [0.5, 0.6) is 0 Å². The Morgan fingerprint density at radius 1 is 0.547 bits per heavy atom. The van der Waals surface area contributed by atoms with Crippen LogP contribution in [0.3, 0.4) is 0 Å². The third-order valence-corrected chi connectivity index (χ3v) is 14.2. The van der Waals surface area contributed by atoms with Gasteiger partial charge in [-0.2, -0.15) is 0 Å². The van der Waals surface area contributed by atoms with Crippen LogP contribution < -0.4 is 0 Å². The van der Waals surface area contributed by atoms with Crippen LogP contribution >= 0.6 is 0 Å². The topological polar surface area (TPSA) is 26.3 Å². The molecule has 4 aliphatic rings. The Morgan fingerprint density at radius 2 is 0.981 bits per heavy atom. The van der Waals surface area contributed by atoms with Crippen molar-refractivity contribution in [3.05, 3.63) is 164 Å². The summed E-state index contributed by atoms with van der Waals surface area (Å²) in [6.45, 7) is 8.56. The van der Waals surface area contributed by atoms with Gasteiger partial charge in [0.1, 0.15) is 23.0 Å². The van der Waals surface area contributed by atoms with E-state index in [1.807, 2.05) is 0 Å². The van der Waals surface area contributed by atoms with Gasteiger partial charge in [-0.05, 0) is 180 Å². The standard InChI is InChI=1S/C50H46O2Si/c1-29-21-47(51-31(29)3)41-25-43-39(23-35-17-11-19-37(35)49(43)33-13-7-5-8-14-33)45(41)27-53-28-46-40-24-36-18-12-20-38(36)50(34-15-9-6-10-16-34)44(40)26-42(46)48-22-30(2)32(4)52-48/h5-10,13-16,21-26,45-46H,11-12,17-20,27-28H2,1-4H3. The van der Waals surface area contributed by atoms with Crippen molar-refractivity contribution in [1.29, 1.82) is 0 Å². The third kappa shape index (κ3) is 5.42. The second-order valence-corrected chi connectivity index (χ2v) is 17.2. The van der Waals surface area contributed by atoms with Gasteiger partial charge in [0.25, 0.3) is 0 Å². The molecule has 0 bridgehead atoms. The molecule has 2 aromatic heterocycles. The van der Waals surface area contributed by atoms with Gasteiger partial charge in [-0.25, -0.2) is 0 Å².